The van der Waals surface area contributed by atoms with Gasteiger partial charge in [0.25, 0.3) is 5.91 Å². The molecule has 0 saturated carbocycles. The predicted molar refractivity (Wildman–Crippen MR) is 81.2 cm³/mol. The first-order valence-electron chi connectivity index (χ1n) is 6.94. The average molecular weight is 343 g/mol. The molecule has 2 rings (SSSR count). The Morgan fingerprint density at radius 2 is 2.30 bits per heavy atom. The fourth-order valence-corrected chi connectivity index (χ4v) is 2.93. The first-order valence-corrected chi connectivity index (χ1v) is 7.74. The number of hydrogen-bond acceptors (Lipinski definition) is 2. The molecular weight excluding hydrogens is 323 g/mol. The van der Waals surface area contributed by atoms with E-state index >= 15 is 0 Å². The van der Waals surface area contributed by atoms with E-state index in [0.717, 1.165) is 19.5 Å². The molecule has 1 heterocycles. The summed E-state index contributed by atoms with van der Waals surface area (Å²) in [5.41, 5.74) is 0.351. The summed E-state index contributed by atoms with van der Waals surface area (Å²) in [7, 11) is 0. The number of halogens is 2. The number of nitrogens with zero attached hydrogens (tertiary/aromatic N) is 1. The van der Waals surface area contributed by atoms with Crippen LogP contribution in [0.5, 0.6) is 0 Å². The minimum Gasteiger partial charge on any atom is -0.352 e. The highest BCUT2D eigenvalue weighted by Crippen LogP contribution is 2.20. The van der Waals surface area contributed by atoms with Crippen molar-refractivity contribution in [2.24, 2.45) is 5.92 Å². The molecule has 1 atom stereocenters. The van der Waals surface area contributed by atoms with Crippen molar-refractivity contribution in [3.63, 3.8) is 0 Å². The summed E-state index contributed by atoms with van der Waals surface area (Å²) in [6.07, 6.45) is 1.10. The molecule has 20 heavy (non-hydrogen) atoms. The Bertz CT molecular complexity index is 493. The SMILES string of the molecule is CC(C)N1CC[C@@H](CNC(=O)c2cc(F)ccc2Br)C1. The van der Waals surface area contributed by atoms with E-state index in [1.54, 1.807) is 6.07 Å². The van der Waals surface area contributed by atoms with Gasteiger partial charge in [0.05, 0.1) is 5.56 Å². The topological polar surface area (TPSA) is 32.3 Å². The van der Waals surface area contributed by atoms with Crippen LogP contribution in [-0.4, -0.2) is 36.5 Å². The molecular formula is C15H20BrFN2O. The third kappa shape index (κ3) is 3.79. The number of nitrogens with one attached hydrogen (secondary N) is 1. The van der Waals surface area contributed by atoms with Crippen molar-refractivity contribution >= 4 is 21.8 Å². The molecule has 0 unspecified atom stereocenters. The summed E-state index contributed by atoms with van der Waals surface area (Å²) in [6.45, 7) is 7.12. The molecule has 1 aromatic carbocycles. The Morgan fingerprint density at radius 3 is 2.95 bits per heavy atom. The molecule has 3 nitrogen and oxygen atoms in total. The van der Waals surface area contributed by atoms with Gasteiger partial charge in [0.15, 0.2) is 0 Å². The fourth-order valence-electron chi connectivity index (χ4n) is 2.50. The molecule has 0 bridgehead atoms. The maximum atomic E-state index is 13.2. The van der Waals surface area contributed by atoms with Gasteiger partial charge in [-0.2, -0.15) is 0 Å². The van der Waals surface area contributed by atoms with Crippen molar-refractivity contribution in [3.8, 4) is 0 Å². The van der Waals surface area contributed by atoms with Crippen molar-refractivity contribution < 1.29 is 9.18 Å². The second-order valence-electron chi connectivity index (χ2n) is 5.58. The van der Waals surface area contributed by atoms with E-state index in [9.17, 15) is 9.18 Å². The normalized spacial score (nSPS) is 19.6. The number of rotatable bonds is 4. The van der Waals surface area contributed by atoms with E-state index in [0.29, 0.717) is 28.5 Å². The molecule has 5 heteroatoms. The summed E-state index contributed by atoms with van der Waals surface area (Å²) < 4.78 is 13.8. The molecule has 1 aliphatic heterocycles. The lowest BCUT2D eigenvalue weighted by Gasteiger charge is -2.20. The van der Waals surface area contributed by atoms with Gasteiger partial charge in [-0.25, -0.2) is 4.39 Å². The molecule has 110 valence electrons. The van der Waals surface area contributed by atoms with E-state index in [1.165, 1.54) is 12.1 Å². The van der Waals surface area contributed by atoms with Crippen LogP contribution in [0.25, 0.3) is 0 Å². The molecule has 1 saturated heterocycles. The Kier molecular flexibility index (Phi) is 5.16. The van der Waals surface area contributed by atoms with E-state index in [1.807, 2.05) is 0 Å². The first kappa shape index (κ1) is 15.4. The molecule has 0 aliphatic carbocycles. The second-order valence-corrected chi connectivity index (χ2v) is 6.43. The van der Waals surface area contributed by atoms with E-state index in [4.69, 9.17) is 0 Å². The van der Waals surface area contributed by atoms with Gasteiger partial charge in [0.1, 0.15) is 5.82 Å². The van der Waals surface area contributed by atoms with Crippen molar-refractivity contribution in [1.82, 2.24) is 10.2 Å². The van der Waals surface area contributed by atoms with Crippen molar-refractivity contribution in [2.75, 3.05) is 19.6 Å². The zero-order chi connectivity index (χ0) is 14.7. The van der Waals surface area contributed by atoms with Gasteiger partial charge in [0, 0.05) is 23.6 Å². The van der Waals surface area contributed by atoms with E-state index in [-0.39, 0.29) is 5.91 Å². The van der Waals surface area contributed by atoms with Crippen LogP contribution in [0.2, 0.25) is 0 Å². The van der Waals surface area contributed by atoms with Crippen molar-refractivity contribution in [2.45, 2.75) is 26.3 Å². The maximum absolute atomic E-state index is 13.2. The smallest absolute Gasteiger partial charge is 0.252 e. The summed E-state index contributed by atoms with van der Waals surface area (Å²) in [4.78, 5) is 14.5. The van der Waals surface area contributed by atoms with Crippen LogP contribution >= 0.6 is 15.9 Å². The molecule has 0 aromatic heterocycles. The second kappa shape index (κ2) is 6.68. The molecule has 1 fully saturated rings. The molecule has 0 spiro atoms. The van der Waals surface area contributed by atoms with Crippen LogP contribution in [0, 0.1) is 11.7 Å². The predicted octanol–water partition coefficient (Wildman–Crippen LogP) is 3.05. The highest BCUT2D eigenvalue weighted by Gasteiger charge is 2.24. The summed E-state index contributed by atoms with van der Waals surface area (Å²) in [5.74, 6) is -0.141. The van der Waals surface area contributed by atoms with Gasteiger partial charge in [-0.15, -0.1) is 0 Å². The van der Waals surface area contributed by atoms with Gasteiger partial charge in [-0.1, -0.05) is 0 Å². The summed E-state index contributed by atoms with van der Waals surface area (Å²) in [6, 6.07) is 4.70. The van der Waals surface area contributed by atoms with Gasteiger partial charge < -0.3 is 10.2 Å². The van der Waals surface area contributed by atoms with Crippen LogP contribution in [0.1, 0.15) is 30.6 Å². The Morgan fingerprint density at radius 1 is 1.55 bits per heavy atom. The third-order valence-electron chi connectivity index (χ3n) is 3.77. The largest absolute Gasteiger partial charge is 0.352 e. The summed E-state index contributed by atoms with van der Waals surface area (Å²) >= 11 is 3.28. The van der Waals surface area contributed by atoms with Crippen LogP contribution in [0.3, 0.4) is 0 Å². The van der Waals surface area contributed by atoms with Crippen molar-refractivity contribution in [3.05, 3.63) is 34.1 Å². The maximum Gasteiger partial charge on any atom is 0.252 e. The van der Waals surface area contributed by atoms with Crippen LogP contribution in [0.4, 0.5) is 4.39 Å². The highest BCUT2D eigenvalue weighted by atomic mass is 79.9. The molecule has 1 N–H and O–H groups in total. The number of likely N-dealkylation sites (tertiary alicyclic amines) is 1. The van der Waals surface area contributed by atoms with Crippen LogP contribution in [0.15, 0.2) is 22.7 Å². The third-order valence-corrected chi connectivity index (χ3v) is 4.46. The number of hydrogen-bond donors (Lipinski definition) is 1. The number of carbonyl (C=O) groups excluding carboxylic acids is 1. The van der Waals surface area contributed by atoms with Crippen LogP contribution < -0.4 is 5.32 Å². The Labute approximate surface area is 127 Å². The minimum absolute atomic E-state index is 0.223. The molecule has 1 amide bonds. The lowest BCUT2D eigenvalue weighted by atomic mass is 10.1. The molecule has 1 aromatic rings. The average Bonchev–Trinajstić information content (AvgIpc) is 2.88. The lowest BCUT2D eigenvalue weighted by molar-refractivity contribution is 0.0946. The van der Waals surface area contributed by atoms with Gasteiger partial charge in [-0.3, -0.25) is 4.79 Å². The zero-order valence-corrected chi connectivity index (χ0v) is 13.4. The highest BCUT2D eigenvalue weighted by molar-refractivity contribution is 9.10. The van der Waals surface area contributed by atoms with E-state index in [2.05, 4.69) is 40.0 Å². The lowest BCUT2D eigenvalue weighted by Crippen LogP contribution is -2.33. The van der Waals surface area contributed by atoms with Crippen molar-refractivity contribution in [1.29, 1.82) is 0 Å². The number of benzene rings is 1. The Balaban J connectivity index is 1.88. The Hall–Kier alpha value is -0.940. The zero-order valence-electron chi connectivity index (χ0n) is 11.8. The van der Waals surface area contributed by atoms with Crippen LogP contribution in [-0.2, 0) is 0 Å². The number of carbonyl (C=O) groups is 1. The van der Waals surface area contributed by atoms with Gasteiger partial charge in [0.2, 0.25) is 0 Å². The van der Waals surface area contributed by atoms with E-state index < -0.39 is 5.82 Å². The number of amides is 1. The fraction of sp³-hybridized carbons (Fsp3) is 0.533. The monoisotopic (exact) mass is 342 g/mol. The van der Waals surface area contributed by atoms with Gasteiger partial charge in [-0.05, 0) is 66.9 Å². The molecule has 1 aliphatic rings. The first-order chi connectivity index (χ1) is 9.47. The minimum atomic E-state index is -0.398. The summed E-state index contributed by atoms with van der Waals surface area (Å²) in [5, 5.41) is 2.91. The quantitative estimate of drug-likeness (QED) is 0.911. The van der Waals surface area contributed by atoms with Gasteiger partial charge >= 0.3 is 0 Å². The molecule has 0 radical (unpaired) electrons. The standard InChI is InChI=1S/C15H20BrFN2O/c1-10(2)19-6-5-11(9-19)8-18-15(20)13-7-12(17)3-4-14(13)16/h3-4,7,10-11H,5-6,8-9H2,1-2H3,(H,18,20)/t11-/m0/s1.